The van der Waals surface area contributed by atoms with Crippen LogP contribution in [0.1, 0.15) is 38.1 Å². The summed E-state index contributed by atoms with van der Waals surface area (Å²) in [6.45, 7) is 7.50. The first kappa shape index (κ1) is 15.2. The lowest BCUT2D eigenvalue weighted by Crippen LogP contribution is -2.51. The van der Waals surface area contributed by atoms with E-state index in [1.54, 1.807) is 11.6 Å². The van der Waals surface area contributed by atoms with Crippen molar-refractivity contribution in [3.05, 3.63) is 17.5 Å². The van der Waals surface area contributed by atoms with Crippen LogP contribution in [-0.2, 0) is 16.1 Å². The van der Waals surface area contributed by atoms with Crippen LogP contribution in [0.5, 0.6) is 0 Å². The molecule has 0 bridgehead atoms. The van der Waals surface area contributed by atoms with Gasteiger partial charge >= 0.3 is 5.97 Å². The third-order valence-corrected chi connectivity index (χ3v) is 3.25. The minimum atomic E-state index is -1.20. The average Bonchev–Trinajstić information content (AvgIpc) is 2.64. The van der Waals surface area contributed by atoms with Crippen LogP contribution in [0.2, 0.25) is 0 Å². The van der Waals surface area contributed by atoms with Crippen molar-refractivity contribution >= 4 is 11.9 Å². The van der Waals surface area contributed by atoms with Crippen LogP contribution in [0.4, 0.5) is 0 Å². The predicted molar refractivity (Wildman–Crippen MR) is 70.8 cm³/mol. The average molecular weight is 267 g/mol. The Balaban J connectivity index is 2.57. The lowest BCUT2D eigenvalue weighted by atomic mass is 9.99. The molecular formula is C13H21N3O3. The fourth-order valence-electron chi connectivity index (χ4n) is 1.77. The quantitative estimate of drug-likeness (QED) is 0.812. The number of carbonyl (C=O) groups is 2. The van der Waals surface area contributed by atoms with E-state index in [1.165, 1.54) is 6.92 Å². The highest BCUT2D eigenvalue weighted by molar-refractivity contribution is 5.86. The van der Waals surface area contributed by atoms with E-state index in [9.17, 15) is 9.59 Å². The smallest absolute Gasteiger partial charge is 0.329 e. The van der Waals surface area contributed by atoms with E-state index in [0.717, 1.165) is 11.4 Å². The molecule has 1 aromatic rings. The van der Waals surface area contributed by atoms with Gasteiger partial charge in [0.15, 0.2) is 0 Å². The summed E-state index contributed by atoms with van der Waals surface area (Å²) in [6, 6.07) is 1.94. The lowest BCUT2D eigenvalue weighted by molar-refractivity contribution is -0.147. The lowest BCUT2D eigenvalue weighted by Gasteiger charge is -2.24. The number of carbonyl (C=O) groups excluding carboxylic acids is 1. The molecule has 1 amide bonds. The number of aliphatic carboxylic acids is 1. The minimum absolute atomic E-state index is 0.213. The number of hydrogen-bond donors (Lipinski definition) is 2. The van der Waals surface area contributed by atoms with Crippen molar-refractivity contribution < 1.29 is 14.7 Å². The van der Waals surface area contributed by atoms with Gasteiger partial charge in [-0.2, -0.15) is 5.10 Å². The number of carboxylic acids is 1. The van der Waals surface area contributed by atoms with Crippen molar-refractivity contribution in [3.8, 4) is 0 Å². The summed E-state index contributed by atoms with van der Waals surface area (Å²) in [7, 11) is 0. The van der Waals surface area contributed by atoms with Crippen LogP contribution in [0.25, 0.3) is 0 Å². The molecule has 2 N–H and O–H groups in total. The van der Waals surface area contributed by atoms with E-state index in [-0.39, 0.29) is 12.3 Å². The second kappa shape index (κ2) is 5.86. The number of aryl methyl sites for hydroxylation is 3. The summed E-state index contributed by atoms with van der Waals surface area (Å²) in [5.41, 5.74) is 0.690. The molecule has 1 atom stereocenters. The molecule has 0 aliphatic rings. The Bertz CT molecular complexity index is 481. The van der Waals surface area contributed by atoms with Gasteiger partial charge in [0.25, 0.3) is 0 Å². The molecule has 0 fully saturated rings. The molecule has 0 saturated carbocycles. The standard InChI is InChI=1S/C13H21N3O3/c1-5-13(4,12(18)19)14-11(17)6-7-16-10(3)8-9(2)15-16/h8H,5-7H2,1-4H3,(H,14,17)(H,18,19). The number of amides is 1. The van der Waals surface area contributed by atoms with Crippen molar-refractivity contribution in [1.82, 2.24) is 15.1 Å². The first-order valence-corrected chi connectivity index (χ1v) is 6.34. The largest absolute Gasteiger partial charge is 0.480 e. The molecule has 19 heavy (non-hydrogen) atoms. The summed E-state index contributed by atoms with van der Waals surface area (Å²) < 4.78 is 1.75. The Morgan fingerprint density at radius 1 is 1.47 bits per heavy atom. The normalized spacial score (nSPS) is 13.9. The third-order valence-electron chi connectivity index (χ3n) is 3.25. The van der Waals surface area contributed by atoms with Gasteiger partial charge in [-0.1, -0.05) is 6.92 Å². The summed E-state index contributed by atoms with van der Waals surface area (Å²) >= 11 is 0. The summed E-state index contributed by atoms with van der Waals surface area (Å²) in [4.78, 5) is 22.9. The van der Waals surface area contributed by atoms with Gasteiger partial charge in [-0.3, -0.25) is 9.48 Å². The molecule has 0 spiro atoms. The van der Waals surface area contributed by atoms with Gasteiger partial charge in [0.1, 0.15) is 5.54 Å². The second-order valence-electron chi connectivity index (χ2n) is 4.94. The van der Waals surface area contributed by atoms with Crippen LogP contribution < -0.4 is 5.32 Å². The maximum Gasteiger partial charge on any atom is 0.329 e. The molecule has 1 aromatic heterocycles. The number of carboxylic acid groups (broad SMARTS) is 1. The van der Waals surface area contributed by atoms with E-state index in [1.807, 2.05) is 19.9 Å². The third kappa shape index (κ3) is 3.81. The molecule has 0 radical (unpaired) electrons. The first-order chi connectivity index (χ1) is 8.78. The number of nitrogens with one attached hydrogen (secondary N) is 1. The van der Waals surface area contributed by atoms with Crippen LogP contribution >= 0.6 is 0 Å². The van der Waals surface area contributed by atoms with Gasteiger partial charge in [0.2, 0.25) is 5.91 Å². The Hall–Kier alpha value is -1.85. The highest BCUT2D eigenvalue weighted by Gasteiger charge is 2.32. The Labute approximate surface area is 112 Å². The summed E-state index contributed by atoms with van der Waals surface area (Å²) in [5.74, 6) is -1.30. The Morgan fingerprint density at radius 3 is 2.53 bits per heavy atom. The molecule has 0 saturated heterocycles. The van der Waals surface area contributed by atoms with E-state index in [2.05, 4.69) is 10.4 Å². The molecule has 6 heteroatoms. The topological polar surface area (TPSA) is 84.2 Å². The summed E-state index contributed by atoms with van der Waals surface area (Å²) in [5, 5.41) is 15.9. The number of rotatable bonds is 6. The monoisotopic (exact) mass is 267 g/mol. The van der Waals surface area contributed by atoms with Crippen molar-refractivity contribution in [2.75, 3.05) is 0 Å². The molecule has 106 valence electrons. The SMILES string of the molecule is CCC(C)(NC(=O)CCn1nc(C)cc1C)C(=O)O. The molecular weight excluding hydrogens is 246 g/mol. The van der Waals surface area contributed by atoms with Crippen LogP contribution in [0.3, 0.4) is 0 Å². The van der Waals surface area contributed by atoms with E-state index >= 15 is 0 Å². The van der Waals surface area contributed by atoms with Gasteiger partial charge in [-0.15, -0.1) is 0 Å². The van der Waals surface area contributed by atoms with Crippen LogP contribution in [0.15, 0.2) is 6.07 Å². The molecule has 6 nitrogen and oxygen atoms in total. The zero-order chi connectivity index (χ0) is 14.6. The highest BCUT2D eigenvalue weighted by atomic mass is 16.4. The maximum absolute atomic E-state index is 11.8. The van der Waals surface area contributed by atoms with Gasteiger partial charge in [0.05, 0.1) is 5.69 Å². The molecule has 0 aromatic carbocycles. The fraction of sp³-hybridized carbons (Fsp3) is 0.615. The van der Waals surface area contributed by atoms with Gasteiger partial charge in [-0.05, 0) is 33.3 Å². The first-order valence-electron chi connectivity index (χ1n) is 6.34. The van der Waals surface area contributed by atoms with Crippen molar-refractivity contribution in [2.45, 2.75) is 52.6 Å². The van der Waals surface area contributed by atoms with E-state index < -0.39 is 11.5 Å². The van der Waals surface area contributed by atoms with Gasteiger partial charge < -0.3 is 10.4 Å². The zero-order valence-electron chi connectivity index (χ0n) is 11.9. The second-order valence-corrected chi connectivity index (χ2v) is 4.94. The van der Waals surface area contributed by atoms with E-state index in [4.69, 9.17) is 5.11 Å². The molecule has 1 rings (SSSR count). The highest BCUT2D eigenvalue weighted by Crippen LogP contribution is 2.10. The maximum atomic E-state index is 11.8. The number of hydrogen-bond acceptors (Lipinski definition) is 3. The van der Waals surface area contributed by atoms with E-state index in [0.29, 0.717) is 13.0 Å². The van der Waals surface area contributed by atoms with Crippen LogP contribution in [-0.4, -0.2) is 32.3 Å². The zero-order valence-corrected chi connectivity index (χ0v) is 11.9. The Morgan fingerprint density at radius 2 is 2.11 bits per heavy atom. The fourth-order valence-corrected chi connectivity index (χ4v) is 1.77. The van der Waals surface area contributed by atoms with Gasteiger partial charge in [0, 0.05) is 18.7 Å². The van der Waals surface area contributed by atoms with Crippen LogP contribution in [0, 0.1) is 13.8 Å². The van der Waals surface area contributed by atoms with Gasteiger partial charge in [-0.25, -0.2) is 4.79 Å². The van der Waals surface area contributed by atoms with Crippen molar-refractivity contribution in [1.29, 1.82) is 0 Å². The number of aromatic nitrogens is 2. The predicted octanol–water partition coefficient (Wildman–Crippen LogP) is 1.26. The minimum Gasteiger partial charge on any atom is -0.480 e. The molecule has 1 heterocycles. The summed E-state index contributed by atoms with van der Waals surface area (Å²) in [6.07, 6.45) is 0.554. The van der Waals surface area contributed by atoms with Crippen molar-refractivity contribution in [2.24, 2.45) is 0 Å². The molecule has 0 aliphatic carbocycles. The molecule has 1 unspecified atom stereocenters. The van der Waals surface area contributed by atoms with Crippen molar-refractivity contribution in [3.63, 3.8) is 0 Å². The number of nitrogens with zero attached hydrogens (tertiary/aromatic N) is 2. The Kier molecular flexibility index (Phi) is 4.69. The molecule has 0 aliphatic heterocycles.